The molecule has 25 heavy (non-hydrogen) atoms. The molecule has 0 spiro atoms. The van der Waals surface area contributed by atoms with E-state index in [2.05, 4.69) is 10.3 Å². The molecule has 0 aliphatic rings. The molecule has 1 aromatic heterocycles. The molecule has 1 aromatic carbocycles. The van der Waals surface area contributed by atoms with Crippen molar-refractivity contribution >= 4 is 17.4 Å². The van der Waals surface area contributed by atoms with Crippen LogP contribution in [0.15, 0.2) is 23.6 Å². The monoisotopic (exact) mass is 361 g/mol. The Labute approximate surface area is 150 Å². The smallest absolute Gasteiger partial charge is 0.408 e. The van der Waals surface area contributed by atoms with Crippen molar-refractivity contribution in [3.05, 3.63) is 40.7 Å². The van der Waals surface area contributed by atoms with Gasteiger partial charge >= 0.3 is 6.09 Å². The Hall–Kier alpha value is -2.46. The molecule has 1 amide bonds. The maximum atomic E-state index is 14.4. The number of rotatable bonds is 4. The number of benzene rings is 1. The van der Waals surface area contributed by atoms with E-state index in [0.29, 0.717) is 11.1 Å². The molecule has 5 nitrogen and oxygen atoms in total. The van der Waals surface area contributed by atoms with E-state index >= 15 is 0 Å². The third-order valence-electron chi connectivity index (χ3n) is 3.19. The lowest BCUT2D eigenvalue weighted by Gasteiger charge is -2.21. The summed E-state index contributed by atoms with van der Waals surface area (Å²) in [4.78, 5) is 16.1. The number of aromatic nitrogens is 1. The number of thiazole rings is 1. The highest BCUT2D eigenvalue weighted by atomic mass is 32.1. The van der Waals surface area contributed by atoms with Crippen molar-refractivity contribution in [2.45, 2.75) is 45.8 Å². The number of carbonyl (C=O) groups excluding carboxylic acids is 1. The molecular formula is C18H20FN3O2S. The van der Waals surface area contributed by atoms with Crippen molar-refractivity contribution in [2.75, 3.05) is 0 Å². The molecule has 0 fully saturated rings. The van der Waals surface area contributed by atoms with Gasteiger partial charge in [0.15, 0.2) is 0 Å². The van der Waals surface area contributed by atoms with Crippen LogP contribution < -0.4 is 5.32 Å². The second kappa shape index (κ2) is 7.62. The first kappa shape index (κ1) is 18.9. The number of nitrogens with one attached hydrogen (secondary N) is 1. The fraction of sp³-hybridized carbons (Fsp3) is 0.389. The summed E-state index contributed by atoms with van der Waals surface area (Å²) in [6.07, 6.45) is -0.645. The van der Waals surface area contributed by atoms with Crippen LogP contribution in [0.4, 0.5) is 9.18 Å². The summed E-state index contributed by atoms with van der Waals surface area (Å²) in [5.74, 6) is -0.434. The molecule has 1 heterocycles. The lowest BCUT2D eigenvalue weighted by Crippen LogP contribution is -2.39. The van der Waals surface area contributed by atoms with Crippen LogP contribution in [0.1, 0.15) is 32.0 Å². The number of alkyl carbamates (subject to hydrolysis) is 1. The summed E-state index contributed by atoms with van der Waals surface area (Å²) in [5.41, 5.74) is 1.26. The maximum absolute atomic E-state index is 14.4. The fourth-order valence-electron chi connectivity index (χ4n) is 2.13. The Morgan fingerprint density at radius 1 is 1.48 bits per heavy atom. The number of ether oxygens (including phenoxy) is 1. The SMILES string of the molecule is Cc1csc(-c2ccc(CC(C#N)NC(=O)OC(C)(C)C)c(F)c2)n1. The highest BCUT2D eigenvalue weighted by Gasteiger charge is 2.20. The molecule has 1 atom stereocenters. The Kier molecular flexibility index (Phi) is 5.75. The van der Waals surface area contributed by atoms with Gasteiger partial charge in [0.25, 0.3) is 0 Å². The first-order valence-corrected chi connectivity index (χ1v) is 8.66. The first-order chi connectivity index (χ1) is 11.7. The number of hydrogen-bond acceptors (Lipinski definition) is 5. The van der Waals surface area contributed by atoms with Gasteiger partial charge in [0.05, 0.1) is 6.07 Å². The van der Waals surface area contributed by atoms with Gasteiger partial charge in [-0.2, -0.15) is 5.26 Å². The number of aryl methyl sites for hydroxylation is 1. The van der Waals surface area contributed by atoms with Gasteiger partial charge in [-0.25, -0.2) is 14.2 Å². The second-order valence-corrected chi connectivity index (χ2v) is 7.49. The average molecular weight is 361 g/mol. The molecule has 0 radical (unpaired) electrons. The fourth-order valence-corrected chi connectivity index (χ4v) is 2.93. The molecule has 0 saturated heterocycles. The summed E-state index contributed by atoms with van der Waals surface area (Å²) in [6, 6.07) is 5.85. The summed E-state index contributed by atoms with van der Waals surface area (Å²) < 4.78 is 19.5. The number of nitriles is 1. The highest BCUT2D eigenvalue weighted by Crippen LogP contribution is 2.25. The van der Waals surface area contributed by atoms with Gasteiger partial charge in [-0.1, -0.05) is 12.1 Å². The zero-order valence-corrected chi connectivity index (χ0v) is 15.4. The average Bonchev–Trinajstić information content (AvgIpc) is 2.93. The van der Waals surface area contributed by atoms with Gasteiger partial charge in [0.1, 0.15) is 22.5 Å². The lowest BCUT2D eigenvalue weighted by atomic mass is 10.0. The van der Waals surface area contributed by atoms with Crippen LogP contribution >= 0.6 is 11.3 Å². The van der Waals surface area contributed by atoms with Gasteiger partial charge < -0.3 is 10.1 Å². The van der Waals surface area contributed by atoms with Crippen LogP contribution in [-0.4, -0.2) is 22.7 Å². The van der Waals surface area contributed by atoms with Crippen LogP contribution in [0.25, 0.3) is 10.6 Å². The molecule has 1 N–H and O–H groups in total. The third-order valence-corrected chi connectivity index (χ3v) is 4.20. The minimum Gasteiger partial charge on any atom is -0.444 e. The quantitative estimate of drug-likeness (QED) is 0.885. The standard InChI is InChI=1S/C18H20FN3O2S/c1-11-10-25-16(21-11)13-6-5-12(15(19)8-13)7-14(9-20)22-17(23)24-18(2,3)4/h5-6,8,10,14H,7H2,1-4H3,(H,22,23). The van der Waals surface area contributed by atoms with Crippen LogP contribution in [0.2, 0.25) is 0 Å². The molecular weight excluding hydrogens is 341 g/mol. The van der Waals surface area contributed by atoms with Gasteiger partial charge in [0, 0.05) is 23.1 Å². The molecule has 1 unspecified atom stereocenters. The van der Waals surface area contributed by atoms with Crippen LogP contribution in [0.5, 0.6) is 0 Å². The van der Waals surface area contributed by atoms with Crippen molar-refractivity contribution < 1.29 is 13.9 Å². The zero-order valence-electron chi connectivity index (χ0n) is 14.6. The largest absolute Gasteiger partial charge is 0.444 e. The normalized spacial score (nSPS) is 12.3. The topological polar surface area (TPSA) is 75.0 Å². The van der Waals surface area contributed by atoms with E-state index in [1.807, 2.05) is 18.4 Å². The van der Waals surface area contributed by atoms with E-state index in [1.165, 1.54) is 17.4 Å². The predicted octanol–water partition coefficient (Wildman–Crippen LogP) is 4.22. The van der Waals surface area contributed by atoms with Crippen LogP contribution in [-0.2, 0) is 11.2 Å². The van der Waals surface area contributed by atoms with E-state index in [4.69, 9.17) is 4.74 Å². The van der Waals surface area contributed by atoms with Crippen LogP contribution in [0, 0.1) is 24.1 Å². The molecule has 0 aliphatic heterocycles. The number of hydrogen-bond donors (Lipinski definition) is 1. The Bertz CT molecular complexity index is 805. The van der Waals surface area contributed by atoms with Crippen molar-refractivity contribution in [2.24, 2.45) is 0 Å². The van der Waals surface area contributed by atoms with Gasteiger partial charge in [-0.3, -0.25) is 0 Å². The number of halogens is 1. The summed E-state index contributed by atoms with van der Waals surface area (Å²) in [5, 5.41) is 14.3. The van der Waals surface area contributed by atoms with E-state index in [0.717, 1.165) is 10.7 Å². The lowest BCUT2D eigenvalue weighted by molar-refractivity contribution is 0.0515. The molecule has 2 aromatic rings. The number of carbonyl (C=O) groups is 1. The molecule has 7 heteroatoms. The van der Waals surface area contributed by atoms with E-state index in [9.17, 15) is 14.4 Å². The minimum absolute atomic E-state index is 0.0543. The van der Waals surface area contributed by atoms with Crippen LogP contribution in [0.3, 0.4) is 0 Å². The molecule has 0 aliphatic carbocycles. The predicted molar refractivity (Wildman–Crippen MR) is 94.7 cm³/mol. The van der Waals surface area contributed by atoms with Gasteiger partial charge in [0.2, 0.25) is 0 Å². The third kappa shape index (κ3) is 5.54. The molecule has 0 bridgehead atoms. The van der Waals surface area contributed by atoms with Gasteiger partial charge in [-0.05, 0) is 39.3 Å². The summed E-state index contributed by atoms with van der Waals surface area (Å²) in [6.45, 7) is 7.07. The van der Waals surface area contributed by atoms with E-state index in [-0.39, 0.29) is 6.42 Å². The Morgan fingerprint density at radius 2 is 2.20 bits per heavy atom. The summed E-state index contributed by atoms with van der Waals surface area (Å²) >= 11 is 1.45. The minimum atomic E-state index is -0.877. The van der Waals surface area contributed by atoms with Crippen molar-refractivity contribution in [1.29, 1.82) is 5.26 Å². The first-order valence-electron chi connectivity index (χ1n) is 7.78. The van der Waals surface area contributed by atoms with Crippen molar-refractivity contribution in [3.63, 3.8) is 0 Å². The number of nitrogens with zero attached hydrogens (tertiary/aromatic N) is 2. The molecule has 132 valence electrons. The zero-order chi connectivity index (χ0) is 18.6. The summed E-state index contributed by atoms with van der Waals surface area (Å²) in [7, 11) is 0. The van der Waals surface area contributed by atoms with Gasteiger partial charge in [-0.15, -0.1) is 11.3 Å². The molecule has 2 rings (SSSR count). The second-order valence-electron chi connectivity index (χ2n) is 6.63. The maximum Gasteiger partial charge on any atom is 0.408 e. The highest BCUT2D eigenvalue weighted by molar-refractivity contribution is 7.13. The van der Waals surface area contributed by atoms with E-state index in [1.54, 1.807) is 32.9 Å². The van der Waals surface area contributed by atoms with Crippen molar-refractivity contribution in [3.8, 4) is 16.6 Å². The van der Waals surface area contributed by atoms with Crippen molar-refractivity contribution in [1.82, 2.24) is 10.3 Å². The molecule has 0 saturated carbocycles. The Balaban J connectivity index is 2.08. The van der Waals surface area contributed by atoms with E-state index < -0.39 is 23.6 Å². The Morgan fingerprint density at radius 3 is 2.72 bits per heavy atom. The number of amides is 1.